The van der Waals surface area contributed by atoms with Crippen molar-refractivity contribution in [1.29, 1.82) is 0 Å². The number of carbonyl (C=O) groups excluding carboxylic acids is 1. The number of nitrogens with one attached hydrogen (secondary N) is 1. The van der Waals surface area contributed by atoms with Gasteiger partial charge in [0.25, 0.3) is 5.91 Å². The average molecular weight is 369 g/mol. The minimum atomic E-state index is -0.562. The van der Waals surface area contributed by atoms with E-state index in [0.29, 0.717) is 18.3 Å². The summed E-state index contributed by atoms with van der Waals surface area (Å²) in [4.78, 5) is 12.5. The largest absolute Gasteiger partial charge is 0.497 e. The van der Waals surface area contributed by atoms with Crippen LogP contribution in [-0.4, -0.2) is 25.2 Å². The maximum Gasteiger partial charge on any atom is 0.265 e. The number of carbonyl (C=O) groups is 1. The van der Waals surface area contributed by atoms with Crippen molar-refractivity contribution in [2.24, 2.45) is 0 Å². The molecular formula is C22H27NO4. The summed E-state index contributed by atoms with van der Waals surface area (Å²) >= 11 is 0. The van der Waals surface area contributed by atoms with Crippen molar-refractivity contribution < 1.29 is 19.0 Å². The number of rotatable bonds is 8. The Morgan fingerprint density at radius 1 is 1.00 bits per heavy atom. The number of hydrogen-bond donors (Lipinski definition) is 1. The second-order valence-corrected chi connectivity index (χ2v) is 6.73. The molecule has 1 saturated carbocycles. The van der Waals surface area contributed by atoms with Gasteiger partial charge in [0.05, 0.1) is 13.2 Å². The zero-order valence-corrected chi connectivity index (χ0v) is 15.9. The quantitative estimate of drug-likeness (QED) is 0.725. The lowest BCUT2D eigenvalue weighted by Crippen LogP contribution is -2.32. The van der Waals surface area contributed by atoms with Gasteiger partial charge >= 0.3 is 0 Å². The molecule has 1 aliphatic carbocycles. The van der Waals surface area contributed by atoms with Crippen LogP contribution in [0.4, 0.5) is 5.69 Å². The molecule has 1 atom stereocenters. The van der Waals surface area contributed by atoms with Crippen LogP contribution >= 0.6 is 0 Å². The Labute approximate surface area is 160 Å². The van der Waals surface area contributed by atoms with Crippen molar-refractivity contribution in [3.63, 3.8) is 0 Å². The lowest BCUT2D eigenvalue weighted by atomic mass is 10.2. The number of ether oxygens (including phenoxy) is 3. The lowest BCUT2D eigenvalue weighted by Gasteiger charge is -2.18. The summed E-state index contributed by atoms with van der Waals surface area (Å²) in [7, 11) is 1.61. The average Bonchev–Trinajstić information content (AvgIpc) is 3.21. The third-order valence-corrected chi connectivity index (χ3v) is 4.73. The summed E-state index contributed by atoms with van der Waals surface area (Å²) in [5.41, 5.74) is 0.732. The SMILES string of the molecule is CC[C@@H](Oc1ccc(OC)cc1)C(=O)Nc1ccc(OC2CCCC2)cc1. The van der Waals surface area contributed by atoms with Gasteiger partial charge in [0, 0.05) is 5.69 Å². The highest BCUT2D eigenvalue weighted by Gasteiger charge is 2.19. The molecule has 0 heterocycles. The van der Waals surface area contributed by atoms with Gasteiger partial charge < -0.3 is 19.5 Å². The van der Waals surface area contributed by atoms with Gasteiger partial charge in [0.2, 0.25) is 0 Å². The lowest BCUT2D eigenvalue weighted by molar-refractivity contribution is -0.122. The first kappa shape index (κ1) is 19.1. The molecule has 1 fully saturated rings. The molecule has 144 valence electrons. The summed E-state index contributed by atoms with van der Waals surface area (Å²) < 4.78 is 16.9. The first-order valence-electron chi connectivity index (χ1n) is 9.56. The van der Waals surface area contributed by atoms with Crippen molar-refractivity contribution in [3.05, 3.63) is 48.5 Å². The highest BCUT2D eigenvalue weighted by molar-refractivity contribution is 5.94. The van der Waals surface area contributed by atoms with Gasteiger partial charge in [-0.15, -0.1) is 0 Å². The van der Waals surface area contributed by atoms with Crippen LogP contribution in [0.15, 0.2) is 48.5 Å². The van der Waals surface area contributed by atoms with Crippen LogP contribution in [0.5, 0.6) is 17.2 Å². The van der Waals surface area contributed by atoms with E-state index < -0.39 is 6.10 Å². The van der Waals surface area contributed by atoms with E-state index in [9.17, 15) is 4.79 Å². The molecule has 0 aromatic heterocycles. The van der Waals surface area contributed by atoms with E-state index in [0.717, 1.165) is 30.0 Å². The number of anilines is 1. The number of hydrogen-bond acceptors (Lipinski definition) is 4. The van der Waals surface area contributed by atoms with E-state index in [1.54, 1.807) is 19.2 Å². The minimum Gasteiger partial charge on any atom is -0.497 e. The Hall–Kier alpha value is -2.69. The Balaban J connectivity index is 1.55. The maximum atomic E-state index is 12.5. The first-order chi connectivity index (χ1) is 13.2. The zero-order valence-electron chi connectivity index (χ0n) is 15.9. The second-order valence-electron chi connectivity index (χ2n) is 6.73. The summed E-state index contributed by atoms with van der Waals surface area (Å²) in [6, 6.07) is 14.7. The van der Waals surface area contributed by atoms with Crippen LogP contribution < -0.4 is 19.5 Å². The molecule has 0 spiro atoms. The topological polar surface area (TPSA) is 56.8 Å². The molecule has 0 saturated heterocycles. The standard InChI is InChI=1S/C22H27NO4/c1-3-21(27-20-14-12-17(25-2)13-15-20)22(24)23-16-8-10-19(11-9-16)26-18-6-4-5-7-18/h8-15,18,21H,3-7H2,1-2H3,(H,23,24)/t21-/m1/s1. The smallest absolute Gasteiger partial charge is 0.265 e. The predicted molar refractivity (Wildman–Crippen MR) is 106 cm³/mol. The van der Waals surface area contributed by atoms with Crippen LogP contribution in [0.1, 0.15) is 39.0 Å². The molecule has 0 radical (unpaired) electrons. The van der Waals surface area contributed by atoms with Crippen LogP contribution in [0.3, 0.4) is 0 Å². The van der Waals surface area contributed by atoms with Gasteiger partial charge in [-0.05, 0) is 80.6 Å². The first-order valence-corrected chi connectivity index (χ1v) is 9.56. The van der Waals surface area contributed by atoms with E-state index >= 15 is 0 Å². The second kappa shape index (κ2) is 9.31. The number of methoxy groups -OCH3 is 1. The van der Waals surface area contributed by atoms with Gasteiger partial charge in [0.1, 0.15) is 17.2 Å². The molecule has 27 heavy (non-hydrogen) atoms. The van der Waals surface area contributed by atoms with E-state index in [4.69, 9.17) is 14.2 Å². The Kier molecular flexibility index (Phi) is 6.58. The molecular weight excluding hydrogens is 342 g/mol. The van der Waals surface area contributed by atoms with Crippen molar-refractivity contribution >= 4 is 11.6 Å². The van der Waals surface area contributed by atoms with Crippen LogP contribution in [0.2, 0.25) is 0 Å². The van der Waals surface area contributed by atoms with Gasteiger partial charge in [-0.1, -0.05) is 6.92 Å². The van der Waals surface area contributed by atoms with Gasteiger partial charge in [-0.25, -0.2) is 0 Å². The van der Waals surface area contributed by atoms with E-state index in [1.807, 2.05) is 43.3 Å². The fourth-order valence-electron chi connectivity index (χ4n) is 3.18. The van der Waals surface area contributed by atoms with Crippen molar-refractivity contribution in [2.75, 3.05) is 12.4 Å². The molecule has 1 N–H and O–H groups in total. The van der Waals surface area contributed by atoms with E-state index in [-0.39, 0.29) is 5.91 Å². The Morgan fingerprint density at radius 2 is 1.59 bits per heavy atom. The molecule has 0 aliphatic heterocycles. The van der Waals surface area contributed by atoms with E-state index in [1.165, 1.54) is 12.8 Å². The fourth-order valence-corrected chi connectivity index (χ4v) is 3.18. The third kappa shape index (κ3) is 5.39. The molecule has 2 aromatic rings. The normalized spacial score (nSPS) is 15.2. The Bertz CT molecular complexity index is 721. The number of amides is 1. The molecule has 5 nitrogen and oxygen atoms in total. The number of benzene rings is 2. The summed E-state index contributed by atoms with van der Waals surface area (Å²) in [5, 5.41) is 2.91. The van der Waals surface area contributed by atoms with Gasteiger partial charge in [0.15, 0.2) is 6.10 Å². The minimum absolute atomic E-state index is 0.169. The predicted octanol–water partition coefficient (Wildman–Crippen LogP) is 4.81. The highest BCUT2D eigenvalue weighted by atomic mass is 16.5. The summed E-state index contributed by atoms with van der Waals surface area (Å²) in [5.74, 6) is 2.07. The van der Waals surface area contributed by atoms with Gasteiger partial charge in [-0.2, -0.15) is 0 Å². The third-order valence-electron chi connectivity index (χ3n) is 4.73. The van der Waals surface area contributed by atoms with Crippen molar-refractivity contribution in [1.82, 2.24) is 0 Å². The zero-order chi connectivity index (χ0) is 19.1. The van der Waals surface area contributed by atoms with Crippen LogP contribution in [-0.2, 0) is 4.79 Å². The van der Waals surface area contributed by atoms with E-state index in [2.05, 4.69) is 5.32 Å². The monoisotopic (exact) mass is 369 g/mol. The molecule has 0 unspecified atom stereocenters. The summed E-state index contributed by atoms with van der Waals surface area (Å²) in [6.07, 6.45) is 5.07. The maximum absolute atomic E-state index is 12.5. The van der Waals surface area contributed by atoms with Crippen LogP contribution in [0.25, 0.3) is 0 Å². The van der Waals surface area contributed by atoms with Crippen molar-refractivity contribution in [2.45, 2.75) is 51.2 Å². The molecule has 0 bridgehead atoms. The van der Waals surface area contributed by atoms with Crippen molar-refractivity contribution in [3.8, 4) is 17.2 Å². The molecule has 2 aromatic carbocycles. The molecule has 1 amide bonds. The highest BCUT2D eigenvalue weighted by Crippen LogP contribution is 2.25. The fraction of sp³-hybridized carbons (Fsp3) is 0.409. The summed E-state index contributed by atoms with van der Waals surface area (Å²) in [6.45, 7) is 1.92. The molecule has 1 aliphatic rings. The molecule has 5 heteroatoms. The van der Waals surface area contributed by atoms with Gasteiger partial charge in [-0.3, -0.25) is 4.79 Å². The molecule has 3 rings (SSSR count). The Morgan fingerprint density at radius 3 is 2.19 bits per heavy atom. The van der Waals surface area contributed by atoms with Crippen LogP contribution in [0, 0.1) is 0 Å².